The van der Waals surface area contributed by atoms with Gasteiger partial charge in [0.05, 0.1) is 5.69 Å². The van der Waals surface area contributed by atoms with Crippen molar-refractivity contribution in [3.05, 3.63) is 49.1 Å². The highest BCUT2D eigenvalue weighted by Crippen LogP contribution is 2.13. The van der Waals surface area contributed by atoms with Gasteiger partial charge in [-0.15, -0.1) is 0 Å². The Hall–Kier alpha value is -1.77. The van der Waals surface area contributed by atoms with Crippen LogP contribution in [0, 0.1) is 0 Å². The quantitative estimate of drug-likeness (QED) is 0.758. The molecule has 78 valence electrons. The van der Waals surface area contributed by atoms with Gasteiger partial charge in [0.25, 0.3) is 0 Å². The molecule has 2 rings (SSSR count). The summed E-state index contributed by atoms with van der Waals surface area (Å²) in [4.78, 5) is 4.03. The lowest BCUT2D eigenvalue weighted by atomic mass is 10.3. The van der Waals surface area contributed by atoms with Gasteiger partial charge in [-0.25, -0.2) is 0 Å². The Balaban J connectivity index is 2.28. The molecule has 0 aromatic carbocycles. The van der Waals surface area contributed by atoms with E-state index >= 15 is 0 Å². The van der Waals surface area contributed by atoms with E-state index in [4.69, 9.17) is 0 Å². The van der Waals surface area contributed by atoms with Crippen molar-refractivity contribution in [2.75, 3.05) is 11.6 Å². The smallest absolute Gasteiger partial charge is 0.0608 e. The molecule has 0 unspecified atom stereocenters. The van der Waals surface area contributed by atoms with Gasteiger partial charge in [0.2, 0.25) is 0 Å². The minimum Gasteiger partial charge on any atom is -0.282 e. The van der Waals surface area contributed by atoms with Gasteiger partial charge >= 0.3 is 0 Å². The standard InChI is InChI=1S/C12H15N3/c1-2-9-15(14-10-3-4-11-14)12-5-7-13-8-6-12/h3-8,10-11H,2,9H2,1H3. The predicted molar refractivity (Wildman–Crippen MR) is 61.7 cm³/mol. The topological polar surface area (TPSA) is 21.1 Å². The molecule has 0 aliphatic rings. The van der Waals surface area contributed by atoms with Crippen LogP contribution in [0.4, 0.5) is 5.69 Å². The Kier molecular flexibility index (Phi) is 3.02. The van der Waals surface area contributed by atoms with Crippen LogP contribution >= 0.6 is 0 Å². The number of aromatic nitrogens is 2. The van der Waals surface area contributed by atoms with E-state index in [1.807, 2.05) is 36.7 Å². The zero-order valence-electron chi connectivity index (χ0n) is 8.87. The summed E-state index contributed by atoms with van der Waals surface area (Å²) < 4.78 is 2.10. The van der Waals surface area contributed by atoms with Gasteiger partial charge in [0.15, 0.2) is 0 Å². The van der Waals surface area contributed by atoms with Crippen LogP contribution in [0.1, 0.15) is 13.3 Å². The Morgan fingerprint density at radius 1 is 1.20 bits per heavy atom. The Morgan fingerprint density at radius 2 is 1.87 bits per heavy atom. The molecule has 0 atom stereocenters. The second kappa shape index (κ2) is 4.64. The fourth-order valence-electron chi connectivity index (χ4n) is 1.59. The van der Waals surface area contributed by atoms with Gasteiger partial charge in [-0.2, -0.15) is 0 Å². The first-order chi connectivity index (χ1) is 7.42. The second-order valence-electron chi connectivity index (χ2n) is 3.39. The maximum absolute atomic E-state index is 4.03. The molecule has 0 bridgehead atoms. The maximum atomic E-state index is 4.03. The highest BCUT2D eigenvalue weighted by molar-refractivity contribution is 5.44. The Morgan fingerprint density at radius 3 is 2.47 bits per heavy atom. The summed E-state index contributed by atoms with van der Waals surface area (Å²) in [5, 5.41) is 2.22. The van der Waals surface area contributed by atoms with Gasteiger partial charge in [0, 0.05) is 31.3 Å². The molecule has 0 aliphatic heterocycles. The predicted octanol–water partition coefficient (Wildman–Crippen LogP) is 2.56. The van der Waals surface area contributed by atoms with E-state index in [1.165, 1.54) is 5.69 Å². The Bertz CT molecular complexity index is 381. The molecular weight excluding hydrogens is 186 g/mol. The number of anilines is 1. The van der Waals surface area contributed by atoms with Crippen LogP contribution in [0.5, 0.6) is 0 Å². The molecule has 0 N–H and O–H groups in total. The molecule has 2 heterocycles. The number of nitrogens with zero attached hydrogens (tertiary/aromatic N) is 3. The van der Waals surface area contributed by atoms with Crippen LogP contribution in [-0.2, 0) is 0 Å². The maximum Gasteiger partial charge on any atom is 0.0608 e. The van der Waals surface area contributed by atoms with E-state index in [9.17, 15) is 0 Å². The van der Waals surface area contributed by atoms with Gasteiger partial charge < -0.3 is 0 Å². The lowest BCUT2D eigenvalue weighted by Crippen LogP contribution is -2.28. The summed E-state index contributed by atoms with van der Waals surface area (Å²) in [6.45, 7) is 3.18. The minimum absolute atomic E-state index is 0.999. The summed E-state index contributed by atoms with van der Waals surface area (Å²) in [5.41, 5.74) is 1.17. The second-order valence-corrected chi connectivity index (χ2v) is 3.39. The molecule has 2 aromatic heterocycles. The fraction of sp³-hybridized carbons (Fsp3) is 0.250. The lowest BCUT2D eigenvalue weighted by Gasteiger charge is -2.25. The summed E-state index contributed by atoms with van der Waals surface area (Å²) in [6, 6.07) is 8.11. The average Bonchev–Trinajstić information content (AvgIpc) is 2.80. The van der Waals surface area contributed by atoms with Crippen molar-refractivity contribution in [1.82, 2.24) is 9.66 Å². The molecular formula is C12H15N3. The van der Waals surface area contributed by atoms with Crippen molar-refractivity contribution in [3.63, 3.8) is 0 Å². The highest BCUT2D eigenvalue weighted by atomic mass is 15.5. The van der Waals surface area contributed by atoms with Crippen molar-refractivity contribution in [2.45, 2.75) is 13.3 Å². The zero-order chi connectivity index (χ0) is 10.5. The number of hydrogen-bond donors (Lipinski definition) is 0. The minimum atomic E-state index is 0.999. The average molecular weight is 201 g/mol. The van der Waals surface area contributed by atoms with Crippen LogP contribution in [0.2, 0.25) is 0 Å². The molecule has 0 saturated heterocycles. The monoisotopic (exact) mass is 201 g/mol. The first-order valence-electron chi connectivity index (χ1n) is 5.22. The van der Waals surface area contributed by atoms with Crippen LogP contribution in [0.3, 0.4) is 0 Å². The van der Waals surface area contributed by atoms with Crippen molar-refractivity contribution in [2.24, 2.45) is 0 Å². The highest BCUT2D eigenvalue weighted by Gasteiger charge is 2.05. The third-order valence-corrected chi connectivity index (χ3v) is 2.26. The van der Waals surface area contributed by atoms with Crippen LogP contribution in [0.15, 0.2) is 49.1 Å². The van der Waals surface area contributed by atoms with E-state index in [0.29, 0.717) is 0 Å². The van der Waals surface area contributed by atoms with Crippen molar-refractivity contribution in [3.8, 4) is 0 Å². The first-order valence-corrected chi connectivity index (χ1v) is 5.22. The summed E-state index contributed by atoms with van der Waals surface area (Å²) in [5.74, 6) is 0. The number of rotatable bonds is 4. The lowest BCUT2D eigenvalue weighted by molar-refractivity contribution is 0.678. The largest absolute Gasteiger partial charge is 0.282 e. The van der Waals surface area contributed by atoms with E-state index in [1.54, 1.807) is 0 Å². The molecule has 3 nitrogen and oxygen atoms in total. The van der Waals surface area contributed by atoms with E-state index < -0.39 is 0 Å². The first kappa shape index (κ1) is 9.77. The van der Waals surface area contributed by atoms with Gasteiger partial charge in [-0.1, -0.05) is 6.92 Å². The molecule has 15 heavy (non-hydrogen) atoms. The third kappa shape index (κ3) is 2.18. The van der Waals surface area contributed by atoms with Crippen molar-refractivity contribution >= 4 is 5.69 Å². The Labute approximate surface area is 90.0 Å². The van der Waals surface area contributed by atoms with E-state index in [0.717, 1.165) is 13.0 Å². The van der Waals surface area contributed by atoms with Gasteiger partial charge in [-0.3, -0.25) is 14.7 Å². The molecule has 0 radical (unpaired) electrons. The molecule has 0 spiro atoms. The molecule has 0 amide bonds. The van der Waals surface area contributed by atoms with Gasteiger partial charge in [0.1, 0.15) is 0 Å². The summed E-state index contributed by atoms with van der Waals surface area (Å²) in [7, 11) is 0. The van der Waals surface area contributed by atoms with Crippen LogP contribution in [0.25, 0.3) is 0 Å². The fourth-order valence-corrected chi connectivity index (χ4v) is 1.59. The molecule has 0 fully saturated rings. The summed E-state index contributed by atoms with van der Waals surface area (Å²) >= 11 is 0. The zero-order valence-corrected chi connectivity index (χ0v) is 8.87. The SMILES string of the molecule is CCCN(c1ccncc1)n1cccc1. The number of hydrogen-bond acceptors (Lipinski definition) is 2. The van der Waals surface area contributed by atoms with Crippen molar-refractivity contribution in [1.29, 1.82) is 0 Å². The number of pyridine rings is 1. The van der Waals surface area contributed by atoms with Crippen LogP contribution < -0.4 is 5.01 Å². The molecule has 0 aliphatic carbocycles. The molecule has 3 heteroatoms. The van der Waals surface area contributed by atoms with Gasteiger partial charge in [-0.05, 0) is 30.7 Å². The normalized spacial score (nSPS) is 10.2. The van der Waals surface area contributed by atoms with Crippen molar-refractivity contribution < 1.29 is 0 Å². The van der Waals surface area contributed by atoms with E-state index in [-0.39, 0.29) is 0 Å². The molecule has 2 aromatic rings. The third-order valence-electron chi connectivity index (χ3n) is 2.26. The van der Waals surface area contributed by atoms with E-state index in [2.05, 4.69) is 34.0 Å². The molecule has 0 saturated carbocycles. The summed E-state index contributed by atoms with van der Waals surface area (Å²) in [6.07, 6.45) is 8.86. The van der Waals surface area contributed by atoms with Crippen LogP contribution in [-0.4, -0.2) is 16.2 Å².